The Morgan fingerprint density at radius 2 is 2.07 bits per heavy atom. The zero-order chi connectivity index (χ0) is 11.9. The molecule has 6 heteroatoms. The molecule has 1 aliphatic carbocycles. The van der Waals surface area contributed by atoms with Crippen molar-refractivity contribution in [2.45, 2.75) is 42.3 Å². The van der Waals surface area contributed by atoms with Crippen LogP contribution in [0.15, 0.2) is 0 Å². The second-order valence-electron chi connectivity index (χ2n) is 4.68. The second kappa shape index (κ2) is 4.31. The Labute approximate surface area is 103 Å². The van der Waals surface area contributed by atoms with E-state index in [2.05, 4.69) is 4.72 Å². The predicted molar refractivity (Wildman–Crippen MR) is 63.0 cm³/mol. The van der Waals surface area contributed by atoms with Crippen LogP contribution in [0, 0.1) is 17.2 Å². The monoisotopic (exact) mass is 268 g/mol. The molecule has 1 aliphatic rings. The summed E-state index contributed by atoms with van der Waals surface area (Å²) in [7, 11) is 0. The van der Waals surface area contributed by atoms with Crippen LogP contribution in [0.1, 0.15) is 27.2 Å². The summed E-state index contributed by atoms with van der Waals surface area (Å²) in [5.74, 6) is -0.128. The van der Waals surface area contributed by atoms with E-state index in [9.17, 15) is 4.55 Å². The fraction of sp³-hybridized carbons (Fsp3) is 0.889. The summed E-state index contributed by atoms with van der Waals surface area (Å²) in [6.07, 6.45) is 0.572. The summed E-state index contributed by atoms with van der Waals surface area (Å²) in [4.78, 5) is 0. The van der Waals surface area contributed by atoms with Crippen LogP contribution in [-0.4, -0.2) is 19.7 Å². The van der Waals surface area contributed by atoms with Crippen LogP contribution in [0.4, 0.5) is 0 Å². The molecule has 0 aliphatic heterocycles. The van der Waals surface area contributed by atoms with E-state index in [0.717, 1.165) is 0 Å². The van der Waals surface area contributed by atoms with Crippen molar-refractivity contribution in [1.29, 1.82) is 5.26 Å². The van der Waals surface area contributed by atoms with Crippen LogP contribution >= 0.6 is 23.2 Å². The second-order valence-corrected chi connectivity index (χ2v) is 8.22. The highest BCUT2D eigenvalue weighted by molar-refractivity contribution is 7.90. The highest BCUT2D eigenvalue weighted by Gasteiger charge is 2.57. The maximum atomic E-state index is 11.7. The molecule has 3 atom stereocenters. The molecule has 1 fully saturated rings. The van der Waals surface area contributed by atoms with Crippen molar-refractivity contribution in [1.82, 2.24) is 4.72 Å². The van der Waals surface area contributed by atoms with Gasteiger partial charge in [-0.05, 0) is 27.2 Å². The van der Waals surface area contributed by atoms with Crippen LogP contribution in [-0.2, 0) is 11.4 Å². The number of halogens is 2. The molecule has 0 radical (unpaired) electrons. The van der Waals surface area contributed by atoms with Gasteiger partial charge in [-0.25, -0.2) is 0 Å². The van der Waals surface area contributed by atoms with Crippen molar-refractivity contribution in [3.05, 3.63) is 0 Å². The molecule has 0 heterocycles. The van der Waals surface area contributed by atoms with Crippen LogP contribution in [0.3, 0.4) is 0 Å². The smallest absolute Gasteiger partial charge is 0.145 e. The van der Waals surface area contributed by atoms with E-state index in [4.69, 9.17) is 28.5 Å². The molecule has 0 aromatic carbocycles. The zero-order valence-electron chi connectivity index (χ0n) is 8.88. The molecule has 1 N–H and O–H groups in total. The van der Waals surface area contributed by atoms with E-state index >= 15 is 0 Å². The largest absolute Gasteiger partial charge is 0.598 e. The lowest BCUT2D eigenvalue weighted by Crippen LogP contribution is -2.45. The Morgan fingerprint density at radius 3 is 2.33 bits per heavy atom. The minimum absolute atomic E-state index is 0.128. The molecule has 0 aromatic heterocycles. The zero-order valence-corrected chi connectivity index (χ0v) is 11.2. The van der Waals surface area contributed by atoms with Gasteiger partial charge in [0.05, 0.1) is 6.07 Å². The van der Waals surface area contributed by atoms with E-state index in [-0.39, 0.29) is 5.92 Å². The first-order chi connectivity index (χ1) is 6.68. The third-order valence-corrected chi connectivity index (χ3v) is 4.66. The van der Waals surface area contributed by atoms with Gasteiger partial charge in [-0.1, -0.05) is 0 Å². The number of nitriles is 1. The highest BCUT2D eigenvalue weighted by atomic mass is 35.5. The van der Waals surface area contributed by atoms with Gasteiger partial charge in [0.1, 0.15) is 15.1 Å². The molecule has 1 saturated carbocycles. The van der Waals surface area contributed by atoms with Gasteiger partial charge in [0.25, 0.3) is 0 Å². The molecule has 0 aromatic rings. The molecule has 86 valence electrons. The Kier molecular flexibility index (Phi) is 3.85. The third kappa shape index (κ3) is 3.40. The Morgan fingerprint density at radius 1 is 1.60 bits per heavy atom. The molecule has 0 saturated heterocycles. The average molecular weight is 269 g/mol. The number of nitrogens with zero attached hydrogens (tertiary/aromatic N) is 1. The Balaban J connectivity index is 2.54. The fourth-order valence-electron chi connectivity index (χ4n) is 1.09. The molecule has 3 nitrogen and oxygen atoms in total. The highest BCUT2D eigenvalue weighted by Crippen LogP contribution is 2.54. The van der Waals surface area contributed by atoms with Crippen molar-refractivity contribution in [3.63, 3.8) is 0 Å². The van der Waals surface area contributed by atoms with Gasteiger partial charge in [-0.3, -0.25) is 0 Å². The number of nitrogens with one attached hydrogen (secondary N) is 1. The summed E-state index contributed by atoms with van der Waals surface area (Å²) in [5.41, 5.74) is 0. The third-order valence-electron chi connectivity index (χ3n) is 2.21. The van der Waals surface area contributed by atoms with E-state index < -0.39 is 26.5 Å². The first kappa shape index (κ1) is 13.4. The van der Waals surface area contributed by atoms with Gasteiger partial charge in [0.2, 0.25) is 0 Å². The SMILES string of the molecule is CC(C)(C)[S+]([O-])N[C@@H](C#N)C1CC1(Cl)Cl. The molecular formula is C9H14Cl2N2OS. The van der Waals surface area contributed by atoms with Crippen LogP contribution < -0.4 is 4.72 Å². The molecule has 2 unspecified atom stereocenters. The molecule has 0 bridgehead atoms. The lowest BCUT2D eigenvalue weighted by Gasteiger charge is -2.25. The lowest BCUT2D eigenvalue weighted by atomic mass is 10.2. The van der Waals surface area contributed by atoms with E-state index in [1.807, 2.05) is 26.8 Å². The number of rotatable bonds is 3. The van der Waals surface area contributed by atoms with Gasteiger partial charge >= 0.3 is 0 Å². The van der Waals surface area contributed by atoms with E-state index in [1.165, 1.54) is 0 Å². The normalized spacial score (nSPS) is 27.9. The first-order valence-corrected chi connectivity index (χ1v) is 6.54. The molecular weight excluding hydrogens is 255 g/mol. The molecule has 0 amide bonds. The standard InChI is InChI=1S/C9H14Cl2N2OS/c1-8(2,3)15(14)13-7(5-12)6-4-9(6,10)11/h6-7,13H,4H2,1-3H3/t6?,7-,15?/m0/s1. The quantitative estimate of drug-likeness (QED) is 0.630. The Hall–Kier alpha value is 0.340. The van der Waals surface area contributed by atoms with Crippen molar-refractivity contribution in [2.24, 2.45) is 5.92 Å². The summed E-state index contributed by atoms with van der Waals surface area (Å²) in [6.45, 7) is 5.52. The topological polar surface area (TPSA) is 58.9 Å². The van der Waals surface area contributed by atoms with Crippen molar-refractivity contribution in [2.75, 3.05) is 0 Å². The average Bonchev–Trinajstić information content (AvgIpc) is 2.68. The van der Waals surface area contributed by atoms with Gasteiger partial charge in [0, 0.05) is 17.3 Å². The van der Waals surface area contributed by atoms with Crippen molar-refractivity contribution >= 4 is 34.6 Å². The van der Waals surface area contributed by atoms with E-state index in [1.54, 1.807) is 0 Å². The number of hydrogen-bond donors (Lipinski definition) is 1. The lowest BCUT2D eigenvalue weighted by molar-refractivity contribution is 0.526. The summed E-state index contributed by atoms with van der Waals surface area (Å²) < 4.78 is 13.3. The Bertz CT molecular complexity index is 285. The van der Waals surface area contributed by atoms with Crippen LogP contribution in [0.2, 0.25) is 0 Å². The van der Waals surface area contributed by atoms with Gasteiger partial charge < -0.3 is 4.55 Å². The van der Waals surface area contributed by atoms with Gasteiger partial charge in [0.15, 0.2) is 0 Å². The minimum Gasteiger partial charge on any atom is -0.598 e. The summed E-state index contributed by atoms with van der Waals surface area (Å²) in [6, 6.07) is 1.51. The molecule has 1 rings (SSSR count). The summed E-state index contributed by atoms with van der Waals surface area (Å²) in [5, 5.41) is 8.92. The van der Waals surface area contributed by atoms with Gasteiger partial charge in [-0.2, -0.15) is 5.26 Å². The van der Waals surface area contributed by atoms with Crippen LogP contribution in [0.25, 0.3) is 0 Å². The van der Waals surface area contributed by atoms with Crippen molar-refractivity contribution < 1.29 is 4.55 Å². The fourth-order valence-corrected chi connectivity index (χ4v) is 2.47. The van der Waals surface area contributed by atoms with Gasteiger partial charge in [-0.15, -0.1) is 27.9 Å². The molecule has 15 heavy (non-hydrogen) atoms. The minimum atomic E-state index is -1.27. The maximum absolute atomic E-state index is 11.7. The first-order valence-electron chi connectivity index (χ1n) is 4.64. The van der Waals surface area contributed by atoms with Crippen molar-refractivity contribution in [3.8, 4) is 6.07 Å². The number of hydrogen-bond acceptors (Lipinski definition) is 3. The maximum Gasteiger partial charge on any atom is 0.145 e. The number of alkyl halides is 2. The summed E-state index contributed by atoms with van der Waals surface area (Å²) >= 11 is 10.4. The predicted octanol–water partition coefficient (Wildman–Crippen LogP) is 2.12. The molecule has 0 spiro atoms. The van der Waals surface area contributed by atoms with Crippen LogP contribution in [0.5, 0.6) is 0 Å². The van der Waals surface area contributed by atoms with E-state index in [0.29, 0.717) is 6.42 Å².